The Bertz CT molecular complexity index is 356. The molecular formula is C14H18O2. The van der Waals surface area contributed by atoms with Crippen molar-refractivity contribution in [2.75, 3.05) is 0 Å². The van der Waals surface area contributed by atoms with E-state index in [1.165, 1.54) is 12.8 Å². The largest absolute Gasteiger partial charge is 0.303 e. The molecular weight excluding hydrogens is 200 g/mol. The minimum Gasteiger partial charge on any atom is -0.303 e. The van der Waals surface area contributed by atoms with Crippen LogP contribution in [0.3, 0.4) is 0 Å². The third-order valence-electron chi connectivity index (χ3n) is 2.64. The zero-order chi connectivity index (χ0) is 11.8. The number of benzene rings is 1. The molecule has 0 saturated heterocycles. The molecule has 0 radical (unpaired) electrons. The van der Waals surface area contributed by atoms with Gasteiger partial charge in [-0.3, -0.25) is 4.79 Å². The molecule has 0 aliphatic rings. The zero-order valence-corrected chi connectivity index (χ0v) is 9.74. The van der Waals surface area contributed by atoms with E-state index in [1.807, 2.05) is 24.3 Å². The third-order valence-corrected chi connectivity index (χ3v) is 2.64. The lowest BCUT2D eigenvalue weighted by atomic mass is 9.97. The Morgan fingerprint density at radius 3 is 2.69 bits per heavy atom. The lowest BCUT2D eigenvalue weighted by Crippen LogP contribution is -2.04. The monoisotopic (exact) mass is 218 g/mol. The molecule has 16 heavy (non-hydrogen) atoms. The molecule has 86 valence electrons. The molecule has 0 fully saturated rings. The van der Waals surface area contributed by atoms with Crippen LogP contribution in [0.25, 0.3) is 0 Å². The molecule has 0 atom stereocenters. The first-order valence-corrected chi connectivity index (χ1v) is 5.84. The number of unbranched alkanes of at least 4 members (excludes halogenated alkanes) is 2. The van der Waals surface area contributed by atoms with E-state index in [9.17, 15) is 9.59 Å². The minimum absolute atomic E-state index is 0.00914. The van der Waals surface area contributed by atoms with Crippen LogP contribution < -0.4 is 0 Å². The average Bonchev–Trinajstić information content (AvgIpc) is 2.30. The van der Waals surface area contributed by atoms with Gasteiger partial charge >= 0.3 is 0 Å². The van der Waals surface area contributed by atoms with E-state index in [4.69, 9.17) is 0 Å². The second-order valence-corrected chi connectivity index (χ2v) is 3.91. The Kier molecular flexibility index (Phi) is 5.48. The number of ketones is 1. The number of aldehydes is 1. The summed E-state index contributed by atoms with van der Waals surface area (Å²) in [6.07, 6.45) is 5.03. The second-order valence-electron chi connectivity index (χ2n) is 3.91. The lowest BCUT2D eigenvalue weighted by molar-refractivity contribution is -0.107. The van der Waals surface area contributed by atoms with Gasteiger partial charge in [-0.25, -0.2) is 0 Å². The smallest absolute Gasteiger partial charge is 0.170 e. The third kappa shape index (κ3) is 3.61. The van der Waals surface area contributed by atoms with Crippen LogP contribution in [0, 0.1) is 0 Å². The summed E-state index contributed by atoms with van der Waals surface area (Å²) in [5.74, 6) is -0.0675. The van der Waals surface area contributed by atoms with Crippen LogP contribution in [0.15, 0.2) is 24.3 Å². The number of rotatable bonds is 7. The molecule has 2 heteroatoms. The summed E-state index contributed by atoms with van der Waals surface area (Å²) >= 11 is 0. The van der Waals surface area contributed by atoms with E-state index in [0.29, 0.717) is 11.8 Å². The highest BCUT2D eigenvalue weighted by molar-refractivity contribution is 6.03. The molecule has 0 bridgehead atoms. The van der Waals surface area contributed by atoms with Crippen LogP contribution in [-0.4, -0.2) is 12.1 Å². The molecule has 0 saturated carbocycles. The normalized spacial score (nSPS) is 10.1. The van der Waals surface area contributed by atoms with Gasteiger partial charge in [-0.1, -0.05) is 44.0 Å². The fourth-order valence-corrected chi connectivity index (χ4v) is 1.76. The van der Waals surface area contributed by atoms with E-state index in [-0.39, 0.29) is 12.2 Å². The van der Waals surface area contributed by atoms with Crippen molar-refractivity contribution in [3.8, 4) is 0 Å². The summed E-state index contributed by atoms with van der Waals surface area (Å²) in [4.78, 5) is 22.0. The van der Waals surface area contributed by atoms with Crippen molar-refractivity contribution >= 4 is 12.1 Å². The van der Waals surface area contributed by atoms with Crippen LogP contribution in [0.2, 0.25) is 0 Å². The van der Waals surface area contributed by atoms with E-state index in [1.54, 1.807) is 0 Å². The first-order chi connectivity index (χ1) is 7.79. The van der Waals surface area contributed by atoms with Gasteiger partial charge in [-0.05, 0) is 18.4 Å². The molecule has 2 nitrogen and oxygen atoms in total. The fourth-order valence-electron chi connectivity index (χ4n) is 1.76. The highest BCUT2D eigenvalue weighted by atomic mass is 16.1. The molecule has 0 aliphatic heterocycles. The molecule has 1 aromatic carbocycles. The Morgan fingerprint density at radius 1 is 1.25 bits per heavy atom. The number of aryl methyl sites for hydroxylation is 1. The molecule has 0 amide bonds. The lowest BCUT2D eigenvalue weighted by Gasteiger charge is -2.06. The Hall–Kier alpha value is -1.44. The van der Waals surface area contributed by atoms with Gasteiger partial charge < -0.3 is 4.79 Å². The van der Waals surface area contributed by atoms with Crippen molar-refractivity contribution < 1.29 is 9.59 Å². The summed E-state index contributed by atoms with van der Waals surface area (Å²) < 4.78 is 0. The maximum absolute atomic E-state index is 11.7. The predicted octanol–water partition coefficient (Wildman–Crippen LogP) is 3.19. The quantitative estimate of drug-likeness (QED) is 0.305. The van der Waals surface area contributed by atoms with Crippen molar-refractivity contribution in [3.63, 3.8) is 0 Å². The van der Waals surface area contributed by atoms with Gasteiger partial charge in [0.2, 0.25) is 0 Å². The van der Waals surface area contributed by atoms with Crippen molar-refractivity contribution in [1.82, 2.24) is 0 Å². The molecule has 0 heterocycles. The molecule has 0 unspecified atom stereocenters. The molecule has 1 aromatic rings. The average molecular weight is 218 g/mol. The van der Waals surface area contributed by atoms with Crippen LogP contribution in [0.4, 0.5) is 0 Å². The summed E-state index contributed by atoms with van der Waals surface area (Å²) in [7, 11) is 0. The molecule has 0 N–H and O–H groups in total. The van der Waals surface area contributed by atoms with Crippen molar-refractivity contribution in [3.05, 3.63) is 35.4 Å². The highest BCUT2D eigenvalue weighted by Crippen LogP contribution is 2.14. The van der Waals surface area contributed by atoms with E-state index < -0.39 is 0 Å². The fraction of sp³-hybridized carbons (Fsp3) is 0.429. The van der Waals surface area contributed by atoms with Gasteiger partial charge in [0.1, 0.15) is 6.29 Å². The number of hydrogen-bond donors (Lipinski definition) is 0. The number of Topliss-reactive ketones (excluding diaryl/α,β-unsaturated/α-hetero) is 1. The van der Waals surface area contributed by atoms with Crippen LogP contribution in [0.5, 0.6) is 0 Å². The maximum atomic E-state index is 11.7. The van der Waals surface area contributed by atoms with Gasteiger partial charge in [-0.2, -0.15) is 0 Å². The maximum Gasteiger partial charge on any atom is 0.170 e. The highest BCUT2D eigenvalue weighted by Gasteiger charge is 2.09. The Morgan fingerprint density at radius 2 is 2.00 bits per heavy atom. The summed E-state index contributed by atoms with van der Waals surface area (Å²) in [6.45, 7) is 2.16. The summed E-state index contributed by atoms with van der Waals surface area (Å²) in [5.41, 5.74) is 1.79. The topological polar surface area (TPSA) is 34.1 Å². The Labute approximate surface area is 96.7 Å². The van der Waals surface area contributed by atoms with E-state index >= 15 is 0 Å². The van der Waals surface area contributed by atoms with Crippen LogP contribution in [-0.2, 0) is 11.2 Å². The number of carbonyl (C=O) groups is 2. The van der Waals surface area contributed by atoms with Crippen LogP contribution >= 0.6 is 0 Å². The van der Waals surface area contributed by atoms with Gasteiger partial charge in [0.25, 0.3) is 0 Å². The number of carbonyl (C=O) groups excluding carboxylic acids is 2. The van der Waals surface area contributed by atoms with Gasteiger partial charge in [-0.15, -0.1) is 0 Å². The van der Waals surface area contributed by atoms with E-state index in [0.717, 1.165) is 18.4 Å². The first kappa shape index (κ1) is 12.6. The van der Waals surface area contributed by atoms with Crippen molar-refractivity contribution in [1.29, 1.82) is 0 Å². The van der Waals surface area contributed by atoms with Crippen molar-refractivity contribution in [2.24, 2.45) is 0 Å². The van der Waals surface area contributed by atoms with Gasteiger partial charge in [0.05, 0.1) is 6.42 Å². The standard InChI is InChI=1S/C14H18O2/c1-2-3-4-7-12-8-5-6-9-13(12)14(16)10-11-15/h5-6,8-9,11H,2-4,7,10H2,1H3. The van der Waals surface area contributed by atoms with E-state index in [2.05, 4.69) is 6.92 Å². The second kappa shape index (κ2) is 6.94. The first-order valence-electron chi connectivity index (χ1n) is 5.84. The molecule has 0 aliphatic carbocycles. The predicted molar refractivity (Wildman–Crippen MR) is 64.7 cm³/mol. The molecule has 0 aromatic heterocycles. The zero-order valence-electron chi connectivity index (χ0n) is 9.74. The summed E-state index contributed by atoms with van der Waals surface area (Å²) in [6, 6.07) is 7.58. The van der Waals surface area contributed by atoms with Gasteiger partial charge in [0, 0.05) is 5.56 Å². The van der Waals surface area contributed by atoms with Crippen molar-refractivity contribution in [2.45, 2.75) is 39.0 Å². The van der Waals surface area contributed by atoms with Gasteiger partial charge in [0.15, 0.2) is 5.78 Å². The minimum atomic E-state index is -0.0675. The number of hydrogen-bond acceptors (Lipinski definition) is 2. The van der Waals surface area contributed by atoms with Crippen LogP contribution in [0.1, 0.15) is 48.5 Å². The summed E-state index contributed by atoms with van der Waals surface area (Å²) in [5, 5.41) is 0. The molecule has 0 spiro atoms. The molecule has 1 rings (SSSR count). The SMILES string of the molecule is CCCCCc1ccccc1C(=O)CC=O. The Balaban J connectivity index is 2.74.